The molecule has 0 aliphatic heterocycles. The molecule has 0 rings (SSSR count). The molecule has 0 radical (unpaired) electrons. The Morgan fingerprint density at radius 1 is 0.647 bits per heavy atom. The van der Waals surface area contributed by atoms with Crippen molar-refractivity contribution in [2.24, 2.45) is 0 Å². The summed E-state index contributed by atoms with van der Waals surface area (Å²) in [7, 11) is 0. The first kappa shape index (κ1) is 15.4. The van der Waals surface area contributed by atoms with E-state index in [2.05, 4.69) is 13.8 Å². The summed E-state index contributed by atoms with van der Waals surface area (Å²) in [6.07, 6.45) is 16.0. The zero-order valence-corrected chi connectivity index (χ0v) is 13.0. The van der Waals surface area contributed by atoms with Crippen LogP contribution in [0.15, 0.2) is 0 Å². The van der Waals surface area contributed by atoms with Gasteiger partial charge in [-0.25, -0.2) is 0 Å². The van der Waals surface area contributed by atoms with E-state index in [1.54, 1.807) is 0 Å². The zero-order chi connectivity index (χ0) is 13.5. The van der Waals surface area contributed by atoms with Gasteiger partial charge in [0, 0.05) is 1.37 Å². The van der Waals surface area contributed by atoms with E-state index < -0.39 is 0 Å². The molecule has 1 unspecified atom stereocenters. The third-order valence-electron chi connectivity index (χ3n) is 3.16. The van der Waals surface area contributed by atoms with Gasteiger partial charge in [-0.15, -0.1) is 0 Å². The molecule has 0 aromatic heterocycles. The zero-order valence-electron chi connectivity index (χ0n) is 13.2. The molecule has 0 aromatic rings. The van der Waals surface area contributed by atoms with Crippen molar-refractivity contribution in [3.8, 4) is 0 Å². The topological polar surface area (TPSA) is 0 Å². The Labute approximate surface area is 116 Å². The van der Waals surface area contributed by atoms with E-state index >= 15 is 0 Å². The van der Waals surface area contributed by atoms with Crippen LogP contribution in [0.5, 0.6) is 0 Å². The van der Waals surface area contributed by atoms with Crippen LogP contribution in [0, 0.1) is 0 Å². The third-order valence-corrected chi connectivity index (χ3v) is 4.15. The Hall–Kier alpha value is 0.350. The quantitative estimate of drug-likeness (QED) is 0.324. The van der Waals surface area contributed by atoms with Gasteiger partial charge in [0.2, 0.25) is 0 Å². The highest BCUT2D eigenvalue weighted by Gasteiger charge is 1.93. The molecule has 0 aliphatic carbocycles. The van der Waals surface area contributed by atoms with E-state index in [-0.39, 0.29) is 5.73 Å². The Bertz CT molecular complexity index is 150. The maximum atomic E-state index is 7.96. The first-order chi connectivity index (χ1) is 8.81. The largest absolute Gasteiger partial charge is 0.162 e. The van der Waals surface area contributed by atoms with Crippen molar-refractivity contribution < 1.29 is 1.37 Å². The molecule has 0 heterocycles. The van der Waals surface area contributed by atoms with Crippen LogP contribution in [-0.2, 0) is 0 Å². The molecule has 0 saturated carbocycles. The number of rotatable bonds is 14. The lowest BCUT2D eigenvalue weighted by molar-refractivity contribution is 0.624. The van der Waals surface area contributed by atoms with Gasteiger partial charge in [-0.3, -0.25) is 0 Å². The lowest BCUT2D eigenvalue weighted by atomic mass is 10.1. The predicted octanol–water partition coefficient (Wildman–Crippen LogP) is 6.44. The van der Waals surface area contributed by atoms with Crippen LogP contribution in [0.4, 0.5) is 0 Å². The second kappa shape index (κ2) is 16.4. The van der Waals surface area contributed by atoms with Crippen LogP contribution in [-0.4, -0.2) is 11.5 Å². The molecule has 1 atom stereocenters. The van der Waals surface area contributed by atoms with E-state index in [1.807, 2.05) is 11.8 Å². The summed E-state index contributed by atoms with van der Waals surface area (Å²) in [4.78, 5) is 0. The molecule has 104 valence electrons. The van der Waals surface area contributed by atoms with Gasteiger partial charge in [0.1, 0.15) is 0 Å². The van der Waals surface area contributed by atoms with Crippen molar-refractivity contribution in [1.82, 2.24) is 0 Å². The Morgan fingerprint density at radius 3 is 1.71 bits per heavy atom. The van der Waals surface area contributed by atoms with Crippen LogP contribution in [0.25, 0.3) is 0 Å². The van der Waals surface area contributed by atoms with Crippen molar-refractivity contribution in [3.05, 3.63) is 0 Å². The van der Waals surface area contributed by atoms with Crippen LogP contribution in [0.3, 0.4) is 0 Å². The monoisotopic (exact) mass is 260 g/mol. The fourth-order valence-electron chi connectivity index (χ4n) is 1.96. The van der Waals surface area contributed by atoms with Gasteiger partial charge >= 0.3 is 0 Å². The summed E-state index contributed by atoms with van der Waals surface area (Å²) in [5.74, 6) is 1.20. The van der Waals surface area contributed by atoms with E-state index in [1.165, 1.54) is 76.4 Å². The number of hydrogen-bond donors (Lipinski definition) is 0. The van der Waals surface area contributed by atoms with E-state index in [9.17, 15) is 0 Å². The smallest absolute Gasteiger partial charge is 0.0380 e. The normalized spacial score (nSPS) is 13.6. The fourth-order valence-corrected chi connectivity index (χ4v) is 2.83. The minimum absolute atomic E-state index is 0.141. The second-order valence-electron chi connectivity index (χ2n) is 5.01. The summed E-state index contributed by atoms with van der Waals surface area (Å²) >= 11 is 1.87. The summed E-state index contributed by atoms with van der Waals surface area (Å²) < 4.78 is 7.96. The molecule has 0 N–H and O–H groups in total. The lowest BCUT2D eigenvalue weighted by Crippen LogP contribution is -1.86. The van der Waals surface area contributed by atoms with Gasteiger partial charge in [0.05, 0.1) is 0 Å². The molecule has 0 nitrogen and oxygen atoms in total. The van der Waals surface area contributed by atoms with Gasteiger partial charge in [-0.1, -0.05) is 78.1 Å². The predicted molar refractivity (Wildman–Crippen MR) is 84.1 cm³/mol. The van der Waals surface area contributed by atoms with Gasteiger partial charge in [0.25, 0.3) is 0 Å². The minimum atomic E-state index is 0.141. The SMILES string of the molecule is [3H]C(CCCCCCC)SCCCCCCCC. The van der Waals surface area contributed by atoms with Crippen molar-refractivity contribution >= 4 is 11.8 Å². The van der Waals surface area contributed by atoms with E-state index in [4.69, 9.17) is 1.37 Å². The lowest BCUT2D eigenvalue weighted by Gasteiger charge is -2.02. The molecular weight excluding hydrogens is 224 g/mol. The molecule has 0 bridgehead atoms. The molecular formula is C16H34S. The standard InChI is InChI=1S/C16H34S/c1-3-5-7-9-11-13-15-17-16-14-12-10-8-6-4-2/h3-16H2,1-2H3/i15T. The fraction of sp³-hybridized carbons (Fsp3) is 1.00. The molecule has 1 heteroatoms. The average molecular weight is 261 g/mol. The van der Waals surface area contributed by atoms with Crippen molar-refractivity contribution in [3.63, 3.8) is 0 Å². The van der Waals surface area contributed by atoms with Crippen molar-refractivity contribution in [1.29, 1.82) is 0 Å². The number of unbranched alkanes of at least 4 members (excludes halogenated alkanes) is 9. The van der Waals surface area contributed by atoms with Crippen molar-refractivity contribution in [2.75, 3.05) is 11.5 Å². The third kappa shape index (κ3) is 16.4. The average Bonchev–Trinajstić information content (AvgIpc) is 2.37. The van der Waals surface area contributed by atoms with Gasteiger partial charge in [-0.05, 0) is 24.3 Å². The first-order valence-corrected chi connectivity index (χ1v) is 8.90. The molecule has 0 aliphatic rings. The minimum Gasteiger partial charge on any atom is -0.162 e. The van der Waals surface area contributed by atoms with Gasteiger partial charge in [-0.2, -0.15) is 11.8 Å². The second-order valence-corrected chi connectivity index (χ2v) is 6.08. The summed E-state index contributed by atoms with van der Waals surface area (Å²) in [5.41, 5.74) is 0.141. The molecule has 0 aromatic carbocycles. The molecule has 0 saturated heterocycles. The van der Waals surface area contributed by atoms with Gasteiger partial charge in [0.15, 0.2) is 0 Å². The van der Waals surface area contributed by atoms with Crippen LogP contribution in [0.2, 0.25) is 0 Å². The van der Waals surface area contributed by atoms with Crippen LogP contribution >= 0.6 is 11.8 Å². The van der Waals surface area contributed by atoms with Crippen molar-refractivity contribution in [2.45, 2.75) is 90.9 Å². The van der Waals surface area contributed by atoms with Crippen LogP contribution in [0.1, 0.15) is 92.3 Å². The summed E-state index contributed by atoms with van der Waals surface area (Å²) in [5, 5.41) is 0. The number of hydrogen-bond acceptors (Lipinski definition) is 1. The molecule has 0 fully saturated rings. The maximum Gasteiger partial charge on any atom is 0.0380 e. The molecule has 0 amide bonds. The Balaban J connectivity index is 3.09. The molecule has 17 heavy (non-hydrogen) atoms. The highest BCUT2D eigenvalue weighted by Crippen LogP contribution is 2.13. The number of thioether (sulfide) groups is 1. The van der Waals surface area contributed by atoms with E-state index in [0.29, 0.717) is 0 Å². The first-order valence-electron chi connectivity index (χ1n) is 8.42. The highest BCUT2D eigenvalue weighted by molar-refractivity contribution is 7.99. The highest BCUT2D eigenvalue weighted by atomic mass is 32.2. The Kier molecular flexibility index (Phi) is 14.8. The summed E-state index contributed by atoms with van der Waals surface area (Å²) in [6.45, 7) is 4.52. The maximum absolute atomic E-state index is 7.96. The summed E-state index contributed by atoms with van der Waals surface area (Å²) in [6, 6.07) is 0. The molecule has 0 spiro atoms. The van der Waals surface area contributed by atoms with Gasteiger partial charge < -0.3 is 0 Å². The van der Waals surface area contributed by atoms with E-state index in [0.717, 1.165) is 6.42 Å². The van der Waals surface area contributed by atoms with Crippen LogP contribution < -0.4 is 0 Å². The Morgan fingerprint density at radius 2 is 1.12 bits per heavy atom.